The molecule has 0 amide bonds. The largest absolute Gasteiger partial charge is 0.468 e. The summed E-state index contributed by atoms with van der Waals surface area (Å²) in [6, 6.07) is 4.24. The molecule has 0 radical (unpaired) electrons. The summed E-state index contributed by atoms with van der Waals surface area (Å²) in [5.74, 6) is 1.01. The minimum atomic E-state index is 0.301. The Kier molecular flexibility index (Phi) is 5.43. The van der Waals surface area contributed by atoms with Crippen LogP contribution in [0.1, 0.15) is 32.6 Å². The first-order valence-corrected chi connectivity index (χ1v) is 5.77. The lowest BCUT2D eigenvalue weighted by atomic mass is 10.2. The monoisotopic (exact) mass is 210 g/mol. The fourth-order valence-electron chi connectivity index (χ4n) is 1.62. The van der Waals surface area contributed by atoms with Crippen LogP contribution in [-0.4, -0.2) is 31.1 Å². The highest BCUT2D eigenvalue weighted by Gasteiger charge is 2.07. The van der Waals surface area contributed by atoms with E-state index in [1.165, 1.54) is 0 Å². The summed E-state index contributed by atoms with van der Waals surface area (Å²) in [5, 5.41) is 3.45. The number of likely N-dealkylation sites (N-methyl/N-ethyl adjacent to an activating group) is 1. The highest BCUT2D eigenvalue weighted by molar-refractivity contribution is 5.02. The van der Waals surface area contributed by atoms with E-state index in [0.717, 1.165) is 31.9 Å². The van der Waals surface area contributed by atoms with Crippen molar-refractivity contribution in [3.63, 3.8) is 0 Å². The van der Waals surface area contributed by atoms with Crippen LogP contribution >= 0.6 is 0 Å². The van der Waals surface area contributed by atoms with Gasteiger partial charge in [0.15, 0.2) is 0 Å². The standard InChI is InChI=1S/C12H22N2O/c1-4-14(5-2)9-8-13-11(3)12-7-6-10-15-12/h6-7,10-11,13H,4-5,8-9H2,1-3H3. The molecule has 3 nitrogen and oxygen atoms in total. The molecule has 0 aromatic carbocycles. The zero-order valence-electron chi connectivity index (χ0n) is 9.99. The predicted octanol–water partition coefficient (Wildman–Crippen LogP) is 2.27. The van der Waals surface area contributed by atoms with Gasteiger partial charge in [-0.05, 0) is 32.1 Å². The fraction of sp³-hybridized carbons (Fsp3) is 0.667. The van der Waals surface area contributed by atoms with Crippen LogP contribution in [0.25, 0.3) is 0 Å². The van der Waals surface area contributed by atoms with Crippen molar-refractivity contribution in [1.29, 1.82) is 0 Å². The van der Waals surface area contributed by atoms with Gasteiger partial charge in [0.25, 0.3) is 0 Å². The molecule has 1 rings (SSSR count). The highest BCUT2D eigenvalue weighted by Crippen LogP contribution is 2.11. The minimum absolute atomic E-state index is 0.301. The molecule has 0 fully saturated rings. The number of furan rings is 1. The first-order chi connectivity index (χ1) is 7.27. The Morgan fingerprint density at radius 3 is 2.67 bits per heavy atom. The number of hydrogen-bond acceptors (Lipinski definition) is 3. The molecule has 1 atom stereocenters. The van der Waals surface area contributed by atoms with Gasteiger partial charge in [-0.2, -0.15) is 0 Å². The first-order valence-electron chi connectivity index (χ1n) is 5.77. The smallest absolute Gasteiger partial charge is 0.120 e. The van der Waals surface area contributed by atoms with E-state index >= 15 is 0 Å². The van der Waals surface area contributed by atoms with Gasteiger partial charge in [-0.1, -0.05) is 13.8 Å². The van der Waals surface area contributed by atoms with E-state index in [-0.39, 0.29) is 0 Å². The van der Waals surface area contributed by atoms with E-state index in [4.69, 9.17) is 4.42 Å². The molecule has 0 saturated carbocycles. The predicted molar refractivity (Wildman–Crippen MR) is 62.9 cm³/mol. The quantitative estimate of drug-likeness (QED) is 0.748. The first kappa shape index (κ1) is 12.3. The average molecular weight is 210 g/mol. The van der Waals surface area contributed by atoms with E-state index in [0.29, 0.717) is 6.04 Å². The Labute approximate surface area is 92.5 Å². The molecule has 3 heteroatoms. The van der Waals surface area contributed by atoms with Crippen LogP contribution < -0.4 is 5.32 Å². The van der Waals surface area contributed by atoms with Gasteiger partial charge >= 0.3 is 0 Å². The third kappa shape index (κ3) is 4.06. The van der Waals surface area contributed by atoms with Crippen LogP contribution in [0.5, 0.6) is 0 Å². The Bertz CT molecular complexity index is 242. The minimum Gasteiger partial charge on any atom is -0.468 e. The van der Waals surface area contributed by atoms with Gasteiger partial charge in [0.1, 0.15) is 5.76 Å². The van der Waals surface area contributed by atoms with Crippen LogP contribution in [0, 0.1) is 0 Å². The van der Waals surface area contributed by atoms with Gasteiger partial charge in [0.2, 0.25) is 0 Å². The molecule has 1 N–H and O–H groups in total. The fourth-order valence-corrected chi connectivity index (χ4v) is 1.62. The molecular weight excluding hydrogens is 188 g/mol. The Morgan fingerprint density at radius 2 is 2.13 bits per heavy atom. The van der Waals surface area contributed by atoms with Crippen molar-refractivity contribution < 1.29 is 4.42 Å². The molecule has 15 heavy (non-hydrogen) atoms. The number of hydrogen-bond donors (Lipinski definition) is 1. The molecule has 0 aliphatic heterocycles. The van der Waals surface area contributed by atoms with Gasteiger partial charge in [0, 0.05) is 13.1 Å². The third-order valence-electron chi connectivity index (χ3n) is 2.74. The Hall–Kier alpha value is -0.800. The average Bonchev–Trinajstić information content (AvgIpc) is 2.77. The SMILES string of the molecule is CCN(CC)CCNC(C)c1ccco1. The second kappa shape index (κ2) is 6.64. The molecule has 0 aliphatic rings. The van der Waals surface area contributed by atoms with Crippen molar-refractivity contribution in [1.82, 2.24) is 10.2 Å². The summed E-state index contributed by atoms with van der Waals surface area (Å²) >= 11 is 0. The normalized spacial score (nSPS) is 13.3. The van der Waals surface area contributed by atoms with Crippen molar-refractivity contribution in [3.8, 4) is 0 Å². The second-order valence-corrected chi connectivity index (χ2v) is 3.72. The van der Waals surface area contributed by atoms with Gasteiger partial charge in [-0.25, -0.2) is 0 Å². The van der Waals surface area contributed by atoms with E-state index in [2.05, 4.69) is 31.0 Å². The lowest BCUT2D eigenvalue weighted by Gasteiger charge is -2.19. The van der Waals surface area contributed by atoms with E-state index < -0.39 is 0 Å². The zero-order valence-corrected chi connectivity index (χ0v) is 9.99. The van der Waals surface area contributed by atoms with Crippen LogP contribution in [0.15, 0.2) is 22.8 Å². The van der Waals surface area contributed by atoms with Crippen molar-refractivity contribution in [2.45, 2.75) is 26.8 Å². The van der Waals surface area contributed by atoms with Gasteiger partial charge in [-0.3, -0.25) is 0 Å². The van der Waals surface area contributed by atoms with Crippen molar-refractivity contribution >= 4 is 0 Å². The van der Waals surface area contributed by atoms with Gasteiger partial charge < -0.3 is 14.6 Å². The summed E-state index contributed by atoms with van der Waals surface area (Å²) in [7, 11) is 0. The Balaban J connectivity index is 2.20. The zero-order chi connectivity index (χ0) is 11.1. The summed E-state index contributed by atoms with van der Waals surface area (Å²) in [6.07, 6.45) is 1.72. The van der Waals surface area contributed by atoms with E-state index in [9.17, 15) is 0 Å². The summed E-state index contributed by atoms with van der Waals surface area (Å²) in [5.41, 5.74) is 0. The van der Waals surface area contributed by atoms with Crippen molar-refractivity contribution in [2.75, 3.05) is 26.2 Å². The lowest BCUT2D eigenvalue weighted by molar-refractivity contribution is 0.294. The molecule has 1 aromatic heterocycles. The summed E-state index contributed by atoms with van der Waals surface area (Å²) < 4.78 is 5.33. The molecular formula is C12H22N2O. The second-order valence-electron chi connectivity index (χ2n) is 3.72. The van der Waals surface area contributed by atoms with Crippen LogP contribution in [0.4, 0.5) is 0 Å². The molecule has 1 unspecified atom stereocenters. The lowest BCUT2D eigenvalue weighted by Crippen LogP contribution is -2.32. The molecule has 86 valence electrons. The maximum absolute atomic E-state index is 5.33. The van der Waals surface area contributed by atoms with Gasteiger partial charge in [0.05, 0.1) is 12.3 Å². The summed E-state index contributed by atoms with van der Waals surface area (Å²) in [6.45, 7) is 10.8. The van der Waals surface area contributed by atoms with Crippen molar-refractivity contribution in [2.24, 2.45) is 0 Å². The van der Waals surface area contributed by atoms with Crippen molar-refractivity contribution in [3.05, 3.63) is 24.2 Å². The summed E-state index contributed by atoms with van der Waals surface area (Å²) in [4.78, 5) is 2.40. The van der Waals surface area contributed by atoms with Crippen LogP contribution in [0.2, 0.25) is 0 Å². The number of rotatable bonds is 7. The molecule has 0 aliphatic carbocycles. The molecule has 1 aromatic rings. The molecule has 0 saturated heterocycles. The number of nitrogens with one attached hydrogen (secondary N) is 1. The topological polar surface area (TPSA) is 28.4 Å². The van der Waals surface area contributed by atoms with E-state index in [1.807, 2.05) is 12.1 Å². The van der Waals surface area contributed by atoms with Gasteiger partial charge in [-0.15, -0.1) is 0 Å². The van der Waals surface area contributed by atoms with E-state index in [1.54, 1.807) is 6.26 Å². The Morgan fingerprint density at radius 1 is 1.40 bits per heavy atom. The van der Waals surface area contributed by atoms with Crippen LogP contribution in [0.3, 0.4) is 0 Å². The highest BCUT2D eigenvalue weighted by atomic mass is 16.3. The number of nitrogens with zero attached hydrogens (tertiary/aromatic N) is 1. The molecule has 0 spiro atoms. The maximum Gasteiger partial charge on any atom is 0.120 e. The third-order valence-corrected chi connectivity index (χ3v) is 2.74. The maximum atomic E-state index is 5.33. The molecule has 1 heterocycles. The molecule has 0 bridgehead atoms. The van der Waals surface area contributed by atoms with Crippen LogP contribution in [-0.2, 0) is 0 Å².